The highest BCUT2D eigenvalue weighted by molar-refractivity contribution is 6.70. The van der Waals surface area contributed by atoms with Gasteiger partial charge < -0.3 is 31.6 Å². The summed E-state index contributed by atoms with van der Waals surface area (Å²) in [5, 5.41) is -0.122. The van der Waals surface area contributed by atoms with Crippen LogP contribution < -0.4 is 0 Å². The van der Waals surface area contributed by atoms with Gasteiger partial charge in [-0.3, -0.25) is 0 Å². The van der Waals surface area contributed by atoms with Crippen LogP contribution >= 0.6 is 0 Å². The van der Waals surface area contributed by atoms with Crippen molar-refractivity contribution >= 4 is 23.3 Å². The molecule has 30 heavy (non-hydrogen) atoms. The fraction of sp³-hybridized carbons (Fsp3) is 0.850. The van der Waals surface area contributed by atoms with Crippen LogP contribution in [-0.2, 0) is 36.4 Å². The Hall–Kier alpha value is -0.596. The monoisotopic (exact) mass is 466 g/mol. The maximum Gasteiger partial charge on any atom is 0.500 e. The molecule has 1 heterocycles. The molecule has 1 fully saturated rings. The van der Waals surface area contributed by atoms with Crippen molar-refractivity contribution < 1.29 is 36.4 Å². The van der Waals surface area contributed by atoms with Gasteiger partial charge in [0.15, 0.2) is 0 Å². The van der Waals surface area contributed by atoms with Crippen LogP contribution in [0, 0.1) is 0 Å². The van der Waals surface area contributed by atoms with Crippen molar-refractivity contribution in [2.45, 2.75) is 62.8 Å². The van der Waals surface area contributed by atoms with E-state index in [-0.39, 0.29) is 5.22 Å². The predicted octanol–water partition coefficient (Wildman–Crippen LogP) is 3.61. The smallest absolute Gasteiger partial charge is 0.463 e. The average Bonchev–Trinajstić information content (AvgIpc) is 2.80. The van der Waals surface area contributed by atoms with Crippen LogP contribution in [0.3, 0.4) is 0 Å². The topological polar surface area (TPSA) is 81.7 Å². The van der Waals surface area contributed by atoms with Crippen molar-refractivity contribution in [2.75, 3.05) is 49.3 Å². The van der Waals surface area contributed by atoms with Crippen LogP contribution in [-0.4, -0.2) is 77.8 Å². The Morgan fingerprint density at radius 3 is 2.10 bits per heavy atom. The van der Waals surface area contributed by atoms with Gasteiger partial charge in [0.1, 0.15) is 5.22 Å². The van der Waals surface area contributed by atoms with Gasteiger partial charge in [0.2, 0.25) is 0 Å². The first-order valence-corrected chi connectivity index (χ1v) is 14.4. The molecule has 1 saturated heterocycles. The van der Waals surface area contributed by atoms with Crippen molar-refractivity contribution in [1.82, 2.24) is 0 Å². The summed E-state index contributed by atoms with van der Waals surface area (Å²) in [4.78, 5) is 10.7. The van der Waals surface area contributed by atoms with E-state index in [9.17, 15) is 4.79 Å². The molecule has 0 N–H and O–H groups in total. The number of hydrogen-bond donors (Lipinski definition) is 0. The number of methoxy groups -OCH3 is 1. The molecule has 0 aromatic carbocycles. The predicted molar refractivity (Wildman–Crippen MR) is 120 cm³/mol. The Kier molecular flexibility index (Phi) is 14.9. The number of esters is 1. The zero-order valence-corrected chi connectivity index (χ0v) is 21.9. The molecule has 1 rings (SSSR count). The second-order valence-corrected chi connectivity index (χ2v) is 13.9. The van der Waals surface area contributed by atoms with E-state index in [2.05, 4.69) is 13.5 Å². The molecule has 1 aliphatic heterocycles. The largest absolute Gasteiger partial charge is 0.500 e. The molecule has 0 aromatic rings. The summed E-state index contributed by atoms with van der Waals surface area (Å²) in [6, 6.07) is 1.68. The molecule has 8 nitrogen and oxygen atoms in total. The Balaban J connectivity index is 0.000000561. The third kappa shape index (κ3) is 7.83. The van der Waals surface area contributed by atoms with Crippen molar-refractivity contribution in [3.8, 4) is 0 Å². The van der Waals surface area contributed by atoms with Crippen molar-refractivity contribution in [3.63, 3.8) is 0 Å². The van der Waals surface area contributed by atoms with Crippen LogP contribution in [0.2, 0.25) is 12.1 Å². The highest BCUT2D eigenvalue weighted by Gasteiger charge is 2.58. The first kappa shape index (κ1) is 29.4. The van der Waals surface area contributed by atoms with Crippen LogP contribution in [0.1, 0.15) is 45.4 Å². The number of carbonyl (C=O) groups excluding carboxylic acids is 1. The molecule has 0 aliphatic carbocycles. The number of rotatable bonds is 13. The minimum Gasteiger partial charge on any atom is -0.463 e. The van der Waals surface area contributed by atoms with E-state index in [0.717, 1.165) is 31.4 Å². The highest BCUT2D eigenvalue weighted by atomic mass is 28.4. The third-order valence-electron chi connectivity index (χ3n) is 5.71. The minimum absolute atomic E-state index is 0.122. The first-order valence-electron chi connectivity index (χ1n) is 10.4. The fourth-order valence-corrected chi connectivity index (χ4v) is 9.68. The molecule has 0 spiro atoms. The zero-order chi connectivity index (χ0) is 23.1. The van der Waals surface area contributed by atoms with Crippen LogP contribution in [0.25, 0.3) is 0 Å². The van der Waals surface area contributed by atoms with E-state index >= 15 is 0 Å². The molecule has 1 aliphatic rings. The SMILES string of the molecule is C=CC(=O)OCCC[Si](OC)(OC)OC.CCCC1(OC)CCCC[Si]1(OC)OC. The van der Waals surface area contributed by atoms with Crippen LogP contribution in [0.4, 0.5) is 0 Å². The van der Waals surface area contributed by atoms with E-state index in [1.807, 2.05) is 0 Å². The zero-order valence-electron chi connectivity index (χ0n) is 19.9. The lowest BCUT2D eigenvalue weighted by molar-refractivity contribution is -0.137. The summed E-state index contributed by atoms with van der Waals surface area (Å²) in [6.45, 7) is 5.81. The Labute approximate surface area is 184 Å². The molecule has 1 atom stereocenters. The molecule has 178 valence electrons. The molecule has 0 aromatic heterocycles. The quantitative estimate of drug-likeness (QED) is 0.176. The van der Waals surface area contributed by atoms with Crippen molar-refractivity contribution in [2.24, 2.45) is 0 Å². The van der Waals surface area contributed by atoms with Gasteiger partial charge in [-0.05, 0) is 25.3 Å². The molecule has 10 heteroatoms. The van der Waals surface area contributed by atoms with Gasteiger partial charge in [-0.25, -0.2) is 4.79 Å². The summed E-state index contributed by atoms with van der Waals surface area (Å²) >= 11 is 0. The van der Waals surface area contributed by atoms with Gasteiger partial charge in [0.05, 0.1) is 6.61 Å². The maximum atomic E-state index is 10.7. The summed E-state index contributed by atoms with van der Waals surface area (Å²) < 4.78 is 37.8. The lowest BCUT2D eigenvalue weighted by Crippen LogP contribution is -2.64. The van der Waals surface area contributed by atoms with Crippen LogP contribution in [0.15, 0.2) is 12.7 Å². The highest BCUT2D eigenvalue weighted by Crippen LogP contribution is 2.42. The molecular weight excluding hydrogens is 424 g/mol. The summed E-state index contributed by atoms with van der Waals surface area (Å²) in [7, 11) is 5.35. The molecule has 0 saturated carbocycles. The van der Waals surface area contributed by atoms with Gasteiger partial charge >= 0.3 is 23.3 Å². The normalized spacial score (nSPS) is 20.8. The van der Waals surface area contributed by atoms with Gasteiger partial charge in [-0.15, -0.1) is 0 Å². The number of carbonyl (C=O) groups is 1. The Bertz CT molecular complexity index is 471. The molecular formula is C20H42O8Si2. The molecule has 0 radical (unpaired) electrons. The van der Waals surface area contributed by atoms with Crippen molar-refractivity contribution in [3.05, 3.63) is 12.7 Å². The maximum absolute atomic E-state index is 10.7. The lowest BCUT2D eigenvalue weighted by atomic mass is 10.1. The van der Waals surface area contributed by atoms with Gasteiger partial charge in [0, 0.05) is 54.8 Å². The minimum atomic E-state index is -2.52. The second kappa shape index (κ2) is 15.2. The molecule has 1 unspecified atom stereocenters. The Morgan fingerprint density at radius 2 is 1.67 bits per heavy atom. The summed E-state index contributed by atoms with van der Waals surface area (Å²) in [5.74, 6) is -0.422. The van der Waals surface area contributed by atoms with Crippen molar-refractivity contribution in [1.29, 1.82) is 0 Å². The summed E-state index contributed by atoms with van der Waals surface area (Å²) in [5.41, 5.74) is 0. The average molecular weight is 467 g/mol. The molecule has 0 bridgehead atoms. The van der Waals surface area contributed by atoms with Gasteiger partial charge in [-0.2, -0.15) is 0 Å². The van der Waals surface area contributed by atoms with E-state index in [1.54, 1.807) is 42.7 Å². The number of ether oxygens (including phenoxy) is 2. The van der Waals surface area contributed by atoms with Gasteiger partial charge in [-0.1, -0.05) is 32.8 Å². The van der Waals surface area contributed by atoms with E-state index in [4.69, 9.17) is 31.6 Å². The fourth-order valence-electron chi connectivity index (χ4n) is 4.00. The third-order valence-corrected chi connectivity index (χ3v) is 13.0. The standard InChI is InChI=1S/C11H24O3Si.C9H18O5Si/c1-5-8-11(12-2)9-6-7-10-15(11,13-3)14-4;1-5-9(10)14-7-6-8-15(11-2,12-3)13-4/h5-10H2,1-4H3;5H,1,6-8H2,2-4H3. The van der Waals surface area contributed by atoms with Gasteiger partial charge in [0.25, 0.3) is 0 Å². The number of hydrogen-bond acceptors (Lipinski definition) is 8. The van der Waals surface area contributed by atoms with E-state index < -0.39 is 23.3 Å². The van der Waals surface area contributed by atoms with Crippen LogP contribution in [0.5, 0.6) is 0 Å². The second-order valence-electron chi connectivity index (χ2n) is 7.09. The van der Waals surface area contributed by atoms with E-state index in [0.29, 0.717) is 19.1 Å². The lowest BCUT2D eigenvalue weighted by Gasteiger charge is -2.47. The summed E-state index contributed by atoms with van der Waals surface area (Å²) in [6.07, 6.45) is 7.48. The molecule has 0 amide bonds. The van der Waals surface area contributed by atoms with E-state index in [1.165, 1.54) is 12.8 Å². The first-order chi connectivity index (χ1) is 14.3. The Morgan fingerprint density at radius 1 is 1.07 bits per heavy atom.